The van der Waals surface area contributed by atoms with Crippen molar-refractivity contribution >= 4 is 24.1 Å². The Hall–Kier alpha value is -3.76. The first-order valence-electron chi connectivity index (χ1n) is 24.3. The Morgan fingerprint density at radius 3 is 2.00 bits per heavy atom. The number of hydrogen-bond donors (Lipinski definition) is 0. The van der Waals surface area contributed by atoms with Gasteiger partial charge in [0.15, 0.2) is 0 Å². The standard InChI is InChI=1S/C54H87NO13/c1-35-18-16-20-51(58)68-54(41(7)53(66-15)37(3)23-26-46(57)39(5)47(63-12)19-17-27-55(8)34-56)38(4)22-25-43(60-9)32-48(64-13)36(2)21-24-44(61-10)33-49(65-14)40(6)50-30-42(31-52(59)67-50)29-45(28-35)62-11/h16-18,20-22,24-25,27,31,34,36-41,43-45,47-50,53-54H,19,23,26,28-30,32-33H2,1-15H3/b20-16+,24-21+,25-22+,27-17+,35-18+/t36-,37+,38-,39-,40+,41+,43-,44-,45-,47-,48+,49-,50-,53+,54-/m0/s1. The lowest BCUT2D eigenvalue weighted by molar-refractivity contribution is -0.152. The molecule has 0 aromatic heterocycles. The highest BCUT2D eigenvalue weighted by molar-refractivity contribution is 5.84. The Kier molecular flexibility index (Phi) is 28.6. The van der Waals surface area contributed by atoms with E-state index in [1.807, 2.05) is 65.0 Å². The third-order valence-corrected chi connectivity index (χ3v) is 13.9. The zero-order valence-corrected chi connectivity index (χ0v) is 43.9. The average Bonchev–Trinajstić information content (AvgIpc) is 3.32. The van der Waals surface area contributed by atoms with E-state index in [2.05, 4.69) is 19.9 Å². The topological polar surface area (TPSA) is 155 Å². The highest BCUT2D eigenvalue weighted by atomic mass is 16.6. The lowest BCUT2D eigenvalue weighted by Crippen LogP contribution is -2.41. The van der Waals surface area contributed by atoms with Crippen LogP contribution in [0.4, 0.5) is 0 Å². The summed E-state index contributed by atoms with van der Waals surface area (Å²) in [6.45, 7) is 14.1. The van der Waals surface area contributed by atoms with Gasteiger partial charge in [-0.1, -0.05) is 95.2 Å². The predicted octanol–water partition coefficient (Wildman–Crippen LogP) is 8.59. The zero-order valence-electron chi connectivity index (χ0n) is 43.9. The van der Waals surface area contributed by atoms with Crippen LogP contribution in [-0.4, -0.2) is 141 Å². The lowest BCUT2D eigenvalue weighted by Gasteiger charge is -2.35. The minimum Gasteiger partial charge on any atom is -0.458 e. The van der Waals surface area contributed by atoms with E-state index in [0.717, 1.165) is 11.1 Å². The predicted molar refractivity (Wildman–Crippen MR) is 264 cm³/mol. The number of amides is 1. The minimum atomic E-state index is -0.609. The van der Waals surface area contributed by atoms with Crippen molar-refractivity contribution in [2.45, 2.75) is 155 Å². The second-order valence-corrected chi connectivity index (χ2v) is 18.9. The van der Waals surface area contributed by atoms with Gasteiger partial charge in [-0.2, -0.15) is 0 Å². The van der Waals surface area contributed by atoms with Gasteiger partial charge in [-0.3, -0.25) is 9.59 Å². The van der Waals surface area contributed by atoms with Crippen LogP contribution in [0.1, 0.15) is 99.8 Å². The summed E-state index contributed by atoms with van der Waals surface area (Å²) in [5.74, 6) is -1.91. The maximum absolute atomic E-state index is 13.7. The lowest BCUT2D eigenvalue weighted by atomic mass is 9.81. The summed E-state index contributed by atoms with van der Waals surface area (Å²) in [4.78, 5) is 52.5. The first-order chi connectivity index (χ1) is 32.4. The molecule has 14 heteroatoms. The van der Waals surface area contributed by atoms with Gasteiger partial charge >= 0.3 is 11.9 Å². The van der Waals surface area contributed by atoms with Gasteiger partial charge in [0, 0.05) is 130 Å². The third-order valence-electron chi connectivity index (χ3n) is 13.9. The second kappa shape index (κ2) is 32.2. The van der Waals surface area contributed by atoms with Gasteiger partial charge in [-0.15, -0.1) is 0 Å². The van der Waals surface area contributed by atoms with Crippen LogP contribution in [-0.2, 0) is 61.8 Å². The Morgan fingerprint density at radius 1 is 0.794 bits per heavy atom. The van der Waals surface area contributed by atoms with E-state index in [4.69, 9.17) is 42.6 Å². The molecule has 2 heterocycles. The van der Waals surface area contributed by atoms with Crippen LogP contribution < -0.4 is 0 Å². The highest BCUT2D eigenvalue weighted by Gasteiger charge is 2.37. The molecule has 15 atom stereocenters. The number of methoxy groups -OCH3 is 7. The van der Waals surface area contributed by atoms with Gasteiger partial charge in [-0.05, 0) is 38.5 Å². The molecule has 0 fully saturated rings. The van der Waals surface area contributed by atoms with E-state index < -0.39 is 12.1 Å². The quantitative estimate of drug-likeness (QED) is 0.0691. The van der Waals surface area contributed by atoms with Crippen molar-refractivity contribution in [2.75, 3.05) is 56.8 Å². The first kappa shape index (κ1) is 60.4. The summed E-state index contributed by atoms with van der Waals surface area (Å²) >= 11 is 0. The van der Waals surface area contributed by atoms with E-state index in [9.17, 15) is 19.2 Å². The fourth-order valence-corrected chi connectivity index (χ4v) is 9.37. The number of ether oxygens (including phenoxy) is 9. The maximum Gasteiger partial charge on any atom is 0.331 e. The molecular weight excluding hydrogens is 871 g/mol. The maximum atomic E-state index is 13.7. The number of carbonyl (C=O) groups is 4. The van der Waals surface area contributed by atoms with Crippen LogP contribution in [0.5, 0.6) is 0 Å². The van der Waals surface area contributed by atoms with Crippen molar-refractivity contribution in [2.24, 2.45) is 35.5 Å². The normalized spacial score (nSPS) is 31.9. The second-order valence-electron chi connectivity index (χ2n) is 18.9. The molecule has 2 bridgehead atoms. The highest BCUT2D eigenvalue weighted by Crippen LogP contribution is 2.33. The van der Waals surface area contributed by atoms with Crippen molar-refractivity contribution in [1.29, 1.82) is 0 Å². The van der Waals surface area contributed by atoms with Crippen LogP contribution in [0.3, 0.4) is 0 Å². The Labute approximate surface area is 408 Å². The molecule has 0 unspecified atom stereocenters. The van der Waals surface area contributed by atoms with Crippen LogP contribution in [0.15, 0.2) is 72.0 Å². The number of carbonyl (C=O) groups excluding carboxylic acids is 4. The molecular formula is C54H87NO13. The van der Waals surface area contributed by atoms with Gasteiger partial charge < -0.3 is 47.5 Å². The number of fused-ring (bicyclic) bond motifs is 2. The monoisotopic (exact) mass is 958 g/mol. The molecule has 2 rings (SSSR count). The summed E-state index contributed by atoms with van der Waals surface area (Å²) < 4.78 is 53.8. The Balaban J connectivity index is 2.49. The molecule has 0 radical (unpaired) electrons. The number of hydrogen-bond acceptors (Lipinski definition) is 13. The molecule has 2 aliphatic rings. The van der Waals surface area contributed by atoms with Gasteiger partial charge in [0.2, 0.25) is 6.41 Å². The van der Waals surface area contributed by atoms with Crippen LogP contribution in [0, 0.1) is 35.5 Å². The van der Waals surface area contributed by atoms with E-state index in [1.165, 1.54) is 11.0 Å². The largest absolute Gasteiger partial charge is 0.458 e. The number of ketones is 1. The van der Waals surface area contributed by atoms with Gasteiger partial charge in [0.1, 0.15) is 18.0 Å². The first-order valence-corrected chi connectivity index (χ1v) is 24.3. The molecule has 68 heavy (non-hydrogen) atoms. The van der Waals surface area contributed by atoms with Crippen molar-refractivity contribution < 1.29 is 61.8 Å². The molecule has 0 spiro atoms. The van der Waals surface area contributed by atoms with Crippen molar-refractivity contribution in [3.8, 4) is 0 Å². The molecule has 14 nitrogen and oxygen atoms in total. The Bertz CT molecular complexity index is 1700. The molecule has 0 saturated heterocycles. The summed E-state index contributed by atoms with van der Waals surface area (Å²) in [5.41, 5.74) is 1.93. The van der Waals surface area contributed by atoms with Gasteiger partial charge in [0.05, 0.1) is 42.7 Å². The van der Waals surface area contributed by atoms with E-state index in [0.29, 0.717) is 57.8 Å². The van der Waals surface area contributed by atoms with E-state index in [1.54, 1.807) is 75.2 Å². The minimum absolute atomic E-state index is 0.0107. The van der Waals surface area contributed by atoms with Crippen molar-refractivity contribution in [3.05, 3.63) is 72.0 Å². The average molecular weight is 958 g/mol. The molecule has 0 aromatic carbocycles. The van der Waals surface area contributed by atoms with Crippen LogP contribution >= 0.6 is 0 Å². The molecule has 0 N–H and O–H groups in total. The van der Waals surface area contributed by atoms with E-state index >= 15 is 0 Å². The van der Waals surface area contributed by atoms with Crippen LogP contribution in [0.25, 0.3) is 0 Å². The molecule has 1 amide bonds. The van der Waals surface area contributed by atoms with Crippen molar-refractivity contribution in [3.63, 3.8) is 0 Å². The molecule has 0 aromatic rings. The number of allylic oxidation sites excluding steroid dienone is 2. The summed E-state index contributed by atoms with van der Waals surface area (Å²) in [6.07, 6.45) is 20.1. The number of rotatable bonds is 19. The number of esters is 2. The summed E-state index contributed by atoms with van der Waals surface area (Å²) in [6, 6.07) is 0. The SMILES string of the molecule is CO[C@@H]1CC2=CC(=O)O[C@@H](C2)[C@H](C)[C@@H](OC)C[C@@H](OC)/C=C/[C@H](C)[C@H](OC)C[C@@H](OC)/C=C/[C@H](C)[C@@H]([C@H](C)[C@H](OC)[C@H](C)CCC(=O)[C@H](C)[C@H](C/C=C/N(C)C=O)OC)OC(=O)/C=C/C=C(\C)C1. The molecule has 0 saturated carbocycles. The van der Waals surface area contributed by atoms with Gasteiger partial charge in [-0.25, -0.2) is 9.59 Å². The van der Waals surface area contributed by atoms with E-state index in [-0.39, 0.29) is 96.1 Å². The van der Waals surface area contributed by atoms with Crippen LogP contribution in [0.2, 0.25) is 0 Å². The molecule has 0 aliphatic carbocycles. The van der Waals surface area contributed by atoms with Crippen molar-refractivity contribution in [1.82, 2.24) is 4.90 Å². The molecule has 386 valence electrons. The fourth-order valence-electron chi connectivity index (χ4n) is 9.37. The third kappa shape index (κ3) is 20.3. The summed E-state index contributed by atoms with van der Waals surface area (Å²) in [5, 5.41) is 0. The number of nitrogens with zero attached hydrogens (tertiary/aromatic N) is 1. The molecule has 2 aliphatic heterocycles. The Morgan fingerprint density at radius 2 is 1.43 bits per heavy atom. The zero-order chi connectivity index (χ0) is 50.9. The number of Topliss-reactive ketones (excluding diaryl/α,β-unsaturated/α-hetero) is 1. The van der Waals surface area contributed by atoms with Gasteiger partial charge in [0.25, 0.3) is 0 Å². The fraction of sp³-hybridized carbons (Fsp3) is 0.704. The number of cyclic esters (lactones) is 1. The smallest absolute Gasteiger partial charge is 0.331 e. The summed E-state index contributed by atoms with van der Waals surface area (Å²) in [7, 11) is 13.3.